The first-order chi connectivity index (χ1) is 5.56. The third-order valence-corrected chi connectivity index (χ3v) is 2.85. The molecule has 0 bridgehead atoms. The van der Waals surface area contributed by atoms with Gasteiger partial charge in [-0.3, -0.25) is 0 Å². The molecule has 0 fully saturated rings. The van der Waals surface area contributed by atoms with Crippen LogP contribution in [0.15, 0.2) is 11.4 Å². The van der Waals surface area contributed by atoms with Gasteiger partial charge in [0, 0.05) is 4.88 Å². The van der Waals surface area contributed by atoms with Crippen molar-refractivity contribution in [3.63, 3.8) is 0 Å². The SMILES string of the molecule is Cc1cc(C(C)(O)CCN)cs1. The van der Waals surface area contributed by atoms with Crippen LogP contribution in [0.4, 0.5) is 0 Å². The van der Waals surface area contributed by atoms with Crippen LogP contribution in [0.5, 0.6) is 0 Å². The molecule has 1 heterocycles. The van der Waals surface area contributed by atoms with E-state index < -0.39 is 5.60 Å². The summed E-state index contributed by atoms with van der Waals surface area (Å²) < 4.78 is 0. The minimum atomic E-state index is -0.750. The van der Waals surface area contributed by atoms with Gasteiger partial charge < -0.3 is 10.8 Å². The minimum Gasteiger partial charge on any atom is -0.385 e. The number of rotatable bonds is 3. The summed E-state index contributed by atoms with van der Waals surface area (Å²) >= 11 is 1.66. The molecule has 3 N–H and O–H groups in total. The minimum absolute atomic E-state index is 0.516. The Kier molecular flexibility index (Phi) is 2.88. The second kappa shape index (κ2) is 3.56. The highest BCUT2D eigenvalue weighted by molar-refractivity contribution is 7.10. The third-order valence-electron chi connectivity index (χ3n) is 1.98. The molecule has 1 aromatic heterocycles. The third kappa shape index (κ3) is 2.06. The zero-order chi connectivity index (χ0) is 9.19. The molecule has 3 heteroatoms. The van der Waals surface area contributed by atoms with Gasteiger partial charge in [0.05, 0.1) is 5.60 Å². The van der Waals surface area contributed by atoms with Gasteiger partial charge in [-0.05, 0) is 43.8 Å². The lowest BCUT2D eigenvalue weighted by atomic mass is 9.95. The van der Waals surface area contributed by atoms with Crippen molar-refractivity contribution < 1.29 is 5.11 Å². The number of hydrogen-bond donors (Lipinski definition) is 2. The summed E-state index contributed by atoms with van der Waals surface area (Å²) in [6, 6.07) is 2.01. The van der Waals surface area contributed by atoms with Crippen molar-refractivity contribution in [2.75, 3.05) is 6.54 Å². The van der Waals surface area contributed by atoms with Gasteiger partial charge in [-0.25, -0.2) is 0 Å². The smallest absolute Gasteiger partial charge is 0.0888 e. The van der Waals surface area contributed by atoms with Crippen molar-refractivity contribution in [3.8, 4) is 0 Å². The lowest BCUT2D eigenvalue weighted by molar-refractivity contribution is 0.0508. The summed E-state index contributed by atoms with van der Waals surface area (Å²) in [6.45, 7) is 4.36. The van der Waals surface area contributed by atoms with E-state index >= 15 is 0 Å². The Labute approximate surface area is 77.0 Å². The molecule has 0 amide bonds. The molecule has 1 unspecified atom stereocenters. The normalized spacial score (nSPS) is 16.0. The van der Waals surface area contributed by atoms with Crippen LogP contribution in [0, 0.1) is 6.92 Å². The molecule has 2 nitrogen and oxygen atoms in total. The largest absolute Gasteiger partial charge is 0.385 e. The molecule has 0 aliphatic carbocycles. The van der Waals surface area contributed by atoms with Crippen molar-refractivity contribution in [1.82, 2.24) is 0 Å². The van der Waals surface area contributed by atoms with E-state index in [0.29, 0.717) is 13.0 Å². The zero-order valence-corrected chi connectivity index (χ0v) is 8.32. The molecule has 0 saturated heterocycles. The summed E-state index contributed by atoms with van der Waals surface area (Å²) in [4.78, 5) is 1.22. The van der Waals surface area contributed by atoms with Crippen molar-refractivity contribution in [3.05, 3.63) is 21.9 Å². The van der Waals surface area contributed by atoms with Crippen LogP contribution in [-0.2, 0) is 5.60 Å². The summed E-state index contributed by atoms with van der Waals surface area (Å²) in [7, 11) is 0. The van der Waals surface area contributed by atoms with Crippen molar-refractivity contribution >= 4 is 11.3 Å². The standard InChI is InChI=1S/C9H15NOS/c1-7-5-8(6-12-7)9(2,11)3-4-10/h5-6,11H,3-4,10H2,1-2H3. The molecule has 0 radical (unpaired) electrons. The molecule has 1 rings (SSSR count). The highest BCUT2D eigenvalue weighted by Gasteiger charge is 2.22. The Morgan fingerprint density at radius 2 is 2.33 bits per heavy atom. The number of aryl methyl sites for hydroxylation is 1. The molecule has 1 atom stereocenters. The van der Waals surface area contributed by atoms with Gasteiger partial charge in [0.25, 0.3) is 0 Å². The van der Waals surface area contributed by atoms with E-state index in [-0.39, 0.29) is 0 Å². The first-order valence-corrected chi connectivity index (χ1v) is 4.92. The van der Waals surface area contributed by atoms with Gasteiger partial charge in [-0.1, -0.05) is 0 Å². The average molecular weight is 185 g/mol. The van der Waals surface area contributed by atoms with Crippen molar-refractivity contribution in [1.29, 1.82) is 0 Å². The van der Waals surface area contributed by atoms with Crippen LogP contribution < -0.4 is 5.73 Å². The van der Waals surface area contributed by atoms with Gasteiger partial charge in [0.15, 0.2) is 0 Å². The van der Waals surface area contributed by atoms with E-state index in [9.17, 15) is 5.11 Å². The fraction of sp³-hybridized carbons (Fsp3) is 0.556. The summed E-state index contributed by atoms with van der Waals surface area (Å²) in [5.41, 5.74) is 5.63. The Balaban J connectivity index is 2.81. The topological polar surface area (TPSA) is 46.2 Å². The molecule has 0 aromatic carbocycles. The highest BCUT2D eigenvalue weighted by atomic mass is 32.1. The summed E-state index contributed by atoms with van der Waals surface area (Å²) in [6.07, 6.45) is 0.614. The first-order valence-electron chi connectivity index (χ1n) is 4.04. The fourth-order valence-electron chi connectivity index (χ4n) is 1.15. The van der Waals surface area contributed by atoms with Crippen LogP contribution in [0.25, 0.3) is 0 Å². The Hall–Kier alpha value is -0.380. The number of hydrogen-bond acceptors (Lipinski definition) is 3. The maximum atomic E-state index is 9.93. The molecule has 0 aliphatic heterocycles. The van der Waals surface area contributed by atoms with E-state index in [1.807, 2.05) is 18.4 Å². The van der Waals surface area contributed by atoms with E-state index in [1.54, 1.807) is 18.3 Å². The maximum Gasteiger partial charge on any atom is 0.0888 e. The van der Waals surface area contributed by atoms with E-state index in [0.717, 1.165) is 5.56 Å². The van der Waals surface area contributed by atoms with Crippen molar-refractivity contribution in [2.45, 2.75) is 25.9 Å². The van der Waals surface area contributed by atoms with Gasteiger partial charge in [-0.2, -0.15) is 0 Å². The van der Waals surface area contributed by atoms with Crippen LogP contribution in [0.2, 0.25) is 0 Å². The van der Waals surface area contributed by atoms with E-state index in [2.05, 4.69) is 0 Å². The quantitative estimate of drug-likeness (QED) is 0.751. The van der Waals surface area contributed by atoms with Gasteiger partial charge >= 0.3 is 0 Å². The van der Waals surface area contributed by atoms with Crippen LogP contribution >= 0.6 is 11.3 Å². The van der Waals surface area contributed by atoms with Crippen LogP contribution in [0.1, 0.15) is 23.8 Å². The molecule has 0 aliphatic rings. The van der Waals surface area contributed by atoms with E-state index in [1.165, 1.54) is 4.88 Å². The van der Waals surface area contributed by atoms with Gasteiger partial charge in [0.2, 0.25) is 0 Å². The van der Waals surface area contributed by atoms with Crippen LogP contribution in [-0.4, -0.2) is 11.7 Å². The molecular formula is C9H15NOS. The molecule has 1 aromatic rings. The highest BCUT2D eigenvalue weighted by Crippen LogP contribution is 2.27. The Bertz CT molecular complexity index is 255. The number of nitrogens with two attached hydrogens (primary N) is 1. The second-order valence-electron chi connectivity index (χ2n) is 3.26. The Morgan fingerprint density at radius 1 is 1.67 bits per heavy atom. The van der Waals surface area contributed by atoms with Gasteiger partial charge in [-0.15, -0.1) is 11.3 Å². The number of thiophene rings is 1. The molecule has 68 valence electrons. The average Bonchev–Trinajstić information content (AvgIpc) is 2.36. The Morgan fingerprint density at radius 3 is 2.75 bits per heavy atom. The predicted octanol–water partition coefficient (Wildman–Crippen LogP) is 1.61. The monoisotopic (exact) mass is 185 g/mol. The summed E-state index contributed by atoms with van der Waals surface area (Å²) in [5.74, 6) is 0. The van der Waals surface area contributed by atoms with Crippen LogP contribution in [0.3, 0.4) is 0 Å². The fourth-order valence-corrected chi connectivity index (χ4v) is 1.98. The number of aliphatic hydroxyl groups is 1. The molecule has 0 saturated carbocycles. The maximum absolute atomic E-state index is 9.93. The zero-order valence-electron chi connectivity index (χ0n) is 7.50. The molecule has 0 spiro atoms. The summed E-state index contributed by atoms with van der Waals surface area (Å²) in [5, 5.41) is 11.9. The molecular weight excluding hydrogens is 170 g/mol. The lowest BCUT2D eigenvalue weighted by Gasteiger charge is -2.21. The lowest BCUT2D eigenvalue weighted by Crippen LogP contribution is -2.24. The predicted molar refractivity (Wildman–Crippen MR) is 52.3 cm³/mol. The first kappa shape index (κ1) is 9.71. The van der Waals surface area contributed by atoms with E-state index in [4.69, 9.17) is 5.73 Å². The van der Waals surface area contributed by atoms with Crippen molar-refractivity contribution in [2.24, 2.45) is 5.73 Å². The molecule has 12 heavy (non-hydrogen) atoms. The second-order valence-corrected chi connectivity index (χ2v) is 4.37. The van der Waals surface area contributed by atoms with Gasteiger partial charge in [0.1, 0.15) is 0 Å².